The Labute approximate surface area is 136 Å². The van der Waals surface area contributed by atoms with Crippen LogP contribution in [0.1, 0.15) is 23.3 Å². The summed E-state index contributed by atoms with van der Waals surface area (Å²) >= 11 is 0. The van der Waals surface area contributed by atoms with Crippen molar-refractivity contribution in [3.8, 4) is 0 Å². The fourth-order valence-electron chi connectivity index (χ4n) is 3.82. The Balaban J connectivity index is 0.00000144. The van der Waals surface area contributed by atoms with Gasteiger partial charge < -0.3 is 10.6 Å². The average Bonchev–Trinajstić information content (AvgIpc) is 3.08. The Bertz CT molecular complexity index is 705. The summed E-state index contributed by atoms with van der Waals surface area (Å²) in [5, 5.41) is 1.06. The number of hydrogen-bond acceptors (Lipinski definition) is 3. The number of nitrogens with zero attached hydrogens (tertiary/aromatic N) is 2. The van der Waals surface area contributed by atoms with Crippen LogP contribution in [0.3, 0.4) is 0 Å². The van der Waals surface area contributed by atoms with Crippen LogP contribution in [-0.4, -0.2) is 34.9 Å². The minimum Gasteiger partial charge on any atom is -0.337 e. The van der Waals surface area contributed by atoms with Crippen LogP contribution in [0.5, 0.6) is 0 Å². The number of pyridine rings is 1. The second-order valence-electron chi connectivity index (χ2n) is 6.26. The van der Waals surface area contributed by atoms with Gasteiger partial charge >= 0.3 is 0 Å². The molecule has 1 aromatic heterocycles. The highest BCUT2D eigenvalue weighted by Crippen LogP contribution is 2.37. The van der Waals surface area contributed by atoms with Crippen LogP contribution in [0.15, 0.2) is 36.4 Å². The monoisotopic (exact) mass is 317 g/mol. The molecule has 1 saturated heterocycles. The maximum Gasteiger partial charge on any atom is 0.272 e. The van der Waals surface area contributed by atoms with Crippen LogP contribution in [0, 0.1) is 11.8 Å². The summed E-state index contributed by atoms with van der Waals surface area (Å²) < 4.78 is 0. The lowest BCUT2D eigenvalue weighted by Crippen LogP contribution is -2.33. The Morgan fingerprint density at radius 3 is 2.77 bits per heavy atom. The number of para-hydroxylation sites is 1. The lowest BCUT2D eigenvalue weighted by Gasteiger charge is -2.18. The van der Waals surface area contributed by atoms with Gasteiger partial charge in [-0.15, -0.1) is 12.4 Å². The van der Waals surface area contributed by atoms with E-state index in [2.05, 4.69) is 4.98 Å². The third-order valence-electron chi connectivity index (χ3n) is 5.02. The van der Waals surface area contributed by atoms with E-state index < -0.39 is 0 Å². The van der Waals surface area contributed by atoms with Gasteiger partial charge in [0.25, 0.3) is 5.91 Å². The molecule has 1 aliphatic heterocycles. The molecule has 1 amide bonds. The molecule has 2 N–H and O–H groups in total. The summed E-state index contributed by atoms with van der Waals surface area (Å²) in [5.74, 6) is 1.11. The molecule has 3 atom stereocenters. The molecule has 0 radical (unpaired) electrons. The van der Waals surface area contributed by atoms with Gasteiger partial charge in [-0.25, -0.2) is 4.98 Å². The predicted octanol–water partition coefficient (Wildman–Crippen LogP) is 2.47. The number of rotatable bonds is 1. The van der Waals surface area contributed by atoms with Gasteiger partial charge in [0, 0.05) is 24.5 Å². The summed E-state index contributed by atoms with van der Waals surface area (Å²) in [5.41, 5.74) is 7.56. The molecule has 0 bridgehead atoms. The van der Waals surface area contributed by atoms with Gasteiger partial charge in [0.15, 0.2) is 0 Å². The number of hydrogen-bond donors (Lipinski definition) is 1. The molecule has 3 unspecified atom stereocenters. The van der Waals surface area contributed by atoms with Crippen LogP contribution >= 0.6 is 12.4 Å². The van der Waals surface area contributed by atoms with Crippen molar-refractivity contribution in [1.29, 1.82) is 0 Å². The van der Waals surface area contributed by atoms with E-state index in [0.29, 0.717) is 17.5 Å². The molecule has 2 aliphatic rings. The molecule has 22 heavy (non-hydrogen) atoms. The van der Waals surface area contributed by atoms with Crippen molar-refractivity contribution in [3.05, 3.63) is 42.1 Å². The molecule has 1 saturated carbocycles. The molecule has 2 aromatic rings. The maximum atomic E-state index is 12.7. The van der Waals surface area contributed by atoms with Gasteiger partial charge in [-0.3, -0.25) is 4.79 Å². The van der Waals surface area contributed by atoms with Gasteiger partial charge in [0.05, 0.1) is 5.52 Å². The van der Waals surface area contributed by atoms with E-state index in [1.165, 1.54) is 0 Å². The van der Waals surface area contributed by atoms with Crippen LogP contribution in [0.4, 0.5) is 0 Å². The number of carbonyl (C=O) groups is 1. The third-order valence-corrected chi connectivity index (χ3v) is 5.02. The Hall–Kier alpha value is -1.65. The highest BCUT2D eigenvalue weighted by atomic mass is 35.5. The first-order chi connectivity index (χ1) is 10.2. The van der Waals surface area contributed by atoms with Crippen molar-refractivity contribution in [2.24, 2.45) is 17.6 Å². The Morgan fingerprint density at radius 1 is 1.14 bits per heavy atom. The molecule has 4 nitrogen and oxygen atoms in total. The van der Waals surface area contributed by atoms with Crippen LogP contribution in [0.2, 0.25) is 0 Å². The number of aromatic nitrogens is 1. The normalized spacial score (nSPS) is 26.8. The molecular weight excluding hydrogens is 298 g/mol. The van der Waals surface area contributed by atoms with Crippen molar-refractivity contribution < 1.29 is 4.79 Å². The van der Waals surface area contributed by atoms with E-state index in [4.69, 9.17) is 5.73 Å². The Kier molecular flexibility index (Phi) is 4.06. The number of likely N-dealkylation sites (tertiary alicyclic amines) is 1. The van der Waals surface area contributed by atoms with Gasteiger partial charge in [-0.1, -0.05) is 24.3 Å². The van der Waals surface area contributed by atoms with E-state index in [1.54, 1.807) is 0 Å². The molecule has 4 rings (SSSR count). The van der Waals surface area contributed by atoms with Crippen LogP contribution in [0.25, 0.3) is 10.9 Å². The van der Waals surface area contributed by atoms with Crippen molar-refractivity contribution >= 4 is 29.2 Å². The molecular formula is C17H20ClN3O. The zero-order valence-corrected chi connectivity index (χ0v) is 13.1. The SMILES string of the molecule is Cl.NC1CCC2CN(C(=O)c3ccc4ccccc4n3)CC12. The van der Waals surface area contributed by atoms with Crippen LogP contribution in [-0.2, 0) is 0 Å². The minimum absolute atomic E-state index is 0. The summed E-state index contributed by atoms with van der Waals surface area (Å²) in [4.78, 5) is 19.1. The molecule has 0 spiro atoms. The lowest BCUT2D eigenvalue weighted by molar-refractivity contribution is 0.0774. The van der Waals surface area contributed by atoms with Gasteiger partial charge in [0.1, 0.15) is 5.69 Å². The van der Waals surface area contributed by atoms with Gasteiger partial charge in [-0.2, -0.15) is 0 Å². The van der Waals surface area contributed by atoms with Crippen LogP contribution < -0.4 is 5.73 Å². The van der Waals surface area contributed by atoms with Crippen molar-refractivity contribution in [2.75, 3.05) is 13.1 Å². The number of fused-ring (bicyclic) bond motifs is 2. The standard InChI is InChI=1S/C17H19N3O.ClH/c18-14-7-5-12-9-20(10-13(12)14)17(21)16-8-6-11-3-1-2-4-15(11)19-16;/h1-4,6,8,12-14H,5,7,9-10,18H2;1H. The van der Waals surface area contributed by atoms with E-state index in [-0.39, 0.29) is 24.4 Å². The zero-order valence-electron chi connectivity index (χ0n) is 12.3. The van der Waals surface area contributed by atoms with Crippen molar-refractivity contribution in [2.45, 2.75) is 18.9 Å². The molecule has 1 aromatic carbocycles. The number of nitrogens with two attached hydrogens (primary N) is 1. The molecule has 116 valence electrons. The molecule has 5 heteroatoms. The topological polar surface area (TPSA) is 59.2 Å². The minimum atomic E-state index is 0. The first kappa shape index (κ1) is 15.3. The quantitative estimate of drug-likeness (QED) is 0.879. The number of carbonyl (C=O) groups excluding carboxylic acids is 1. The third kappa shape index (κ3) is 2.46. The van der Waals surface area contributed by atoms with Gasteiger partial charge in [-0.05, 0) is 36.8 Å². The second kappa shape index (κ2) is 5.86. The first-order valence-electron chi connectivity index (χ1n) is 7.63. The first-order valence-corrected chi connectivity index (χ1v) is 7.63. The number of halogens is 1. The molecule has 2 heterocycles. The summed E-state index contributed by atoms with van der Waals surface area (Å²) in [7, 11) is 0. The van der Waals surface area contributed by atoms with E-state index in [0.717, 1.165) is 36.8 Å². The highest BCUT2D eigenvalue weighted by molar-refractivity contribution is 5.95. The van der Waals surface area contributed by atoms with Gasteiger partial charge in [0.2, 0.25) is 0 Å². The largest absolute Gasteiger partial charge is 0.337 e. The number of amides is 1. The lowest BCUT2D eigenvalue weighted by atomic mass is 9.98. The molecule has 2 fully saturated rings. The zero-order chi connectivity index (χ0) is 14.4. The Morgan fingerprint density at radius 2 is 1.95 bits per heavy atom. The smallest absolute Gasteiger partial charge is 0.272 e. The summed E-state index contributed by atoms with van der Waals surface area (Å²) in [6.45, 7) is 1.63. The highest BCUT2D eigenvalue weighted by Gasteiger charge is 2.42. The fraction of sp³-hybridized carbons (Fsp3) is 0.412. The maximum absolute atomic E-state index is 12.7. The summed E-state index contributed by atoms with van der Waals surface area (Å²) in [6, 6.07) is 11.9. The predicted molar refractivity (Wildman–Crippen MR) is 89.1 cm³/mol. The number of benzene rings is 1. The van der Waals surface area contributed by atoms with Crippen molar-refractivity contribution in [3.63, 3.8) is 0 Å². The van der Waals surface area contributed by atoms with Crippen molar-refractivity contribution in [1.82, 2.24) is 9.88 Å². The second-order valence-corrected chi connectivity index (χ2v) is 6.26. The molecule has 1 aliphatic carbocycles. The summed E-state index contributed by atoms with van der Waals surface area (Å²) in [6.07, 6.45) is 2.26. The van der Waals surface area contributed by atoms with E-state index in [1.807, 2.05) is 41.3 Å². The van der Waals surface area contributed by atoms with E-state index >= 15 is 0 Å². The van der Waals surface area contributed by atoms with E-state index in [9.17, 15) is 4.79 Å². The average molecular weight is 318 g/mol. The fourth-order valence-corrected chi connectivity index (χ4v) is 3.82.